The molecule has 1 saturated heterocycles. The molecule has 0 spiro atoms. The first-order valence-corrected chi connectivity index (χ1v) is 11.5. The Morgan fingerprint density at radius 3 is 1.68 bits per heavy atom. The van der Waals surface area contributed by atoms with Gasteiger partial charge in [-0.25, -0.2) is 4.39 Å². The Kier molecular flexibility index (Phi) is 5.60. The molecule has 2 heterocycles. The standard InChI is InChI=1S/C24H13Cl4FN2O3/c1-10-2-8-13(9-3-10)30-20(11-4-6-12(29)7-5-11)21(24(30)34)31-22(32)14-15(23(31)33)17(26)19(28)18(27)16(14)25/h2-9,20-21H,1H3/t20-,21+/m1/s1. The second kappa shape index (κ2) is 8.24. The van der Waals surface area contributed by atoms with E-state index in [-0.39, 0.29) is 31.2 Å². The highest BCUT2D eigenvalue weighted by Crippen LogP contribution is 2.49. The molecule has 2 aliphatic heterocycles. The Labute approximate surface area is 213 Å². The highest BCUT2D eigenvalue weighted by molar-refractivity contribution is 6.55. The van der Waals surface area contributed by atoms with Crippen LogP contribution in [0.3, 0.4) is 0 Å². The van der Waals surface area contributed by atoms with Crippen LogP contribution in [-0.4, -0.2) is 28.7 Å². The minimum absolute atomic E-state index is 0.161. The number of nitrogens with zero attached hydrogens (tertiary/aromatic N) is 2. The number of aryl methyl sites for hydroxylation is 1. The number of carbonyl (C=O) groups excluding carboxylic acids is 3. The third-order valence-corrected chi connectivity index (χ3v) is 7.80. The molecule has 5 nitrogen and oxygen atoms in total. The summed E-state index contributed by atoms with van der Waals surface area (Å²) in [6.07, 6.45) is 0. The second-order valence-electron chi connectivity index (χ2n) is 7.97. The van der Waals surface area contributed by atoms with E-state index in [1.165, 1.54) is 29.2 Å². The van der Waals surface area contributed by atoms with E-state index in [4.69, 9.17) is 46.4 Å². The third kappa shape index (κ3) is 3.24. The SMILES string of the molecule is Cc1ccc(N2C(=O)[C@@H](N3C(=O)c4c(Cl)c(Cl)c(Cl)c(Cl)c4C3=O)[C@H]2c2ccc(F)cc2)cc1. The largest absolute Gasteiger partial charge is 0.300 e. The lowest BCUT2D eigenvalue weighted by Gasteiger charge is -2.49. The molecule has 0 aliphatic carbocycles. The van der Waals surface area contributed by atoms with Crippen LogP contribution in [0.5, 0.6) is 0 Å². The molecule has 0 radical (unpaired) electrons. The maximum absolute atomic E-state index is 13.6. The molecule has 0 N–H and O–H groups in total. The Morgan fingerprint density at radius 1 is 0.676 bits per heavy atom. The number of halogens is 5. The van der Waals surface area contributed by atoms with E-state index in [1.807, 2.05) is 19.1 Å². The summed E-state index contributed by atoms with van der Waals surface area (Å²) >= 11 is 24.7. The van der Waals surface area contributed by atoms with Crippen LogP contribution < -0.4 is 4.90 Å². The van der Waals surface area contributed by atoms with Crippen molar-refractivity contribution in [2.45, 2.75) is 19.0 Å². The zero-order valence-corrected chi connectivity index (χ0v) is 20.3. The van der Waals surface area contributed by atoms with Crippen molar-refractivity contribution in [2.24, 2.45) is 0 Å². The molecule has 0 aromatic heterocycles. The Hall–Kier alpha value is -2.64. The van der Waals surface area contributed by atoms with Gasteiger partial charge < -0.3 is 4.90 Å². The zero-order valence-electron chi connectivity index (χ0n) is 17.3. The summed E-state index contributed by atoms with van der Waals surface area (Å²) in [6.45, 7) is 1.91. The van der Waals surface area contributed by atoms with E-state index in [1.54, 1.807) is 12.1 Å². The van der Waals surface area contributed by atoms with Crippen molar-refractivity contribution in [1.82, 2.24) is 4.90 Å². The zero-order chi connectivity index (χ0) is 24.5. The molecule has 34 heavy (non-hydrogen) atoms. The van der Waals surface area contributed by atoms with Gasteiger partial charge in [0.25, 0.3) is 17.7 Å². The first kappa shape index (κ1) is 23.1. The molecule has 3 aromatic carbocycles. The molecule has 0 bridgehead atoms. The summed E-state index contributed by atoms with van der Waals surface area (Å²) in [4.78, 5) is 42.5. The Morgan fingerprint density at radius 2 is 1.18 bits per heavy atom. The molecule has 0 saturated carbocycles. The van der Waals surface area contributed by atoms with Gasteiger partial charge in [-0.2, -0.15) is 0 Å². The predicted octanol–water partition coefficient (Wildman–Crippen LogP) is 6.50. The van der Waals surface area contributed by atoms with Gasteiger partial charge in [0.1, 0.15) is 11.9 Å². The van der Waals surface area contributed by atoms with Gasteiger partial charge in [-0.15, -0.1) is 0 Å². The lowest BCUT2D eigenvalue weighted by Crippen LogP contribution is -2.67. The number of β-lactam (4-membered cyclic amide) rings is 1. The number of anilines is 1. The number of rotatable bonds is 3. The number of imide groups is 1. The van der Waals surface area contributed by atoms with Gasteiger partial charge in [0, 0.05) is 5.69 Å². The van der Waals surface area contributed by atoms with E-state index < -0.39 is 35.6 Å². The number of benzene rings is 3. The van der Waals surface area contributed by atoms with Crippen molar-refractivity contribution >= 4 is 69.8 Å². The minimum atomic E-state index is -1.20. The number of hydrogen-bond acceptors (Lipinski definition) is 3. The van der Waals surface area contributed by atoms with Crippen molar-refractivity contribution in [2.75, 3.05) is 4.90 Å². The maximum Gasteiger partial charge on any atom is 0.264 e. The molecule has 172 valence electrons. The average Bonchev–Trinajstić information content (AvgIpc) is 3.07. The molecule has 2 atom stereocenters. The topological polar surface area (TPSA) is 57.7 Å². The predicted molar refractivity (Wildman–Crippen MR) is 129 cm³/mol. The van der Waals surface area contributed by atoms with Crippen molar-refractivity contribution in [1.29, 1.82) is 0 Å². The van der Waals surface area contributed by atoms with E-state index in [0.29, 0.717) is 11.3 Å². The molecule has 1 fully saturated rings. The molecule has 3 amide bonds. The van der Waals surface area contributed by atoms with E-state index in [2.05, 4.69) is 0 Å². The van der Waals surface area contributed by atoms with E-state index in [9.17, 15) is 18.8 Å². The van der Waals surface area contributed by atoms with Gasteiger partial charge >= 0.3 is 0 Å². The maximum atomic E-state index is 13.6. The van der Waals surface area contributed by atoms with E-state index >= 15 is 0 Å². The van der Waals surface area contributed by atoms with Gasteiger partial charge in [-0.3, -0.25) is 19.3 Å². The van der Waals surface area contributed by atoms with Crippen LogP contribution in [0.1, 0.15) is 37.9 Å². The summed E-state index contributed by atoms with van der Waals surface area (Å²) < 4.78 is 13.6. The van der Waals surface area contributed by atoms with Gasteiger partial charge in [-0.05, 0) is 36.8 Å². The van der Waals surface area contributed by atoms with Crippen molar-refractivity contribution in [3.8, 4) is 0 Å². The monoisotopic (exact) mass is 536 g/mol. The lowest BCUT2D eigenvalue weighted by atomic mass is 9.86. The van der Waals surface area contributed by atoms with Crippen molar-refractivity contribution < 1.29 is 18.8 Å². The fourth-order valence-electron chi connectivity index (χ4n) is 4.33. The third-order valence-electron chi connectivity index (χ3n) is 6.00. The molecule has 10 heteroatoms. The first-order chi connectivity index (χ1) is 16.1. The fourth-order valence-corrected chi connectivity index (χ4v) is 5.34. The van der Waals surface area contributed by atoms with Crippen LogP contribution in [0, 0.1) is 12.7 Å². The summed E-state index contributed by atoms with van der Waals surface area (Å²) in [6, 6.07) is 10.7. The second-order valence-corrected chi connectivity index (χ2v) is 9.48. The number of carbonyl (C=O) groups is 3. The van der Waals surface area contributed by atoms with Crippen LogP contribution in [-0.2, 0) is 4.79 Å². The summed E-state index contributed by atoms with van der Waals surface area (Å²) in [7, 11) is 0. The lowest BCUT2D eigenvalue weighted by molar-refractivity contribution is -0.130. The quantitative estimate of drug-likeness (QED) is 0.166. The van der Waals surface area contributed by atoms with Gasteiger partial charge in [-0.1, -0.05) is 76.2 Å². The average molecular weight is 538 g/mol. The van der Waals surface area contributed by atoms with Crippen molar-refractivity contribution in [3.05, 3.63) is 96.7 Å². The highest BCUT2D eigenvalue weighted by Gasteiger charge is 2.58. The first-order valence-electron chi connectivity index (χ1n) is 10.0. The summed E-state index contributed by atoms with van der Waals surface area (Å²) in [5, 5.41) is -0.752. The van der Waals surface area contributed by atoms with Crippen LogP contribution >= 0.6 is 46.4 Å². The Bertz CT molecular complexity index is 1350. The van der Waals surface area contributed by atoms with Crippen LogP contribution in [0.2, 0.25) is 20.1 Å². The van der Waals surface area contributed by atoms with E-state index in [0.717, 1.165) is 10.5 Å². The normalized spacial score (nSPS) is 19.5. The molecular weight excluding hydrogens is 525 g/mol. The van der Waals surface area contributed by atoms with Gasteiger partial charge in [0.2, 0.25) is 0 Å². The molecule has 2 aliphatic rings. The van der Waals surface area contributed by atoms with Gasteiger partial charge in [0.05, 0.1) is 37.3 Å². The molecular formula is C24H13Cl4FN2O3. The number of fused-ring (bicyclic) bond motifs is 1. The molecule has 3 aromatic rings. The number of amides is 3. The summed E-state index contributed by atoms with van der Waals surface area (Å²) in [5.74, 6) is -2.56. The van der Waals surface area contributed by atoms with Crippen LogP contribution in [0.15, 0.2) is 48.5 Å². The smallest absolute Gasteiger partial charge is 0.264 e. The molecule has 5 rings (SSSR count). The minimum Gasteiger partial charge on any atom is -0.300 e. The van der Waals surface area contributed by atoms with Gasteiger partial charge in [0.15, 0.2) is 0 Å². The van der Waals surface area contributed by atoms with Crippen LogP contribution in [0.25, 0.3) is 0 Å². The Balaban J connectivity index is 1.63. The fraction of sp³-hybridized carbons (Fsp3) is 0.125. The summed E-state index contributed by atoms with van der Waals surface area (Å²) in [5.41, 5.74) is 1.69. The molecule has 0 unspecified atom stereocenters. The number of hydrogen-bond donors (Lipinski definition) is 0. The highest BCUT2D eigenvalue weighted by atomic mass is 35.5. The van der Waals surface area contributed by atoms with Crippen molar-refractivity contribution in [3.63, 3.8) is 0 Å². The van der Waals surface area contributed by atoms with Crippen LogP contribution in [0.4, 0.5) is 10.1 Å².